The summed E-state index contributed by atoms with van der Waals surface area (Å²) in [6.07, 6.45) is 1.83. The summed E-state index contributed by atoms with van der Waals surface area (Å²) in [5.41, 5.74) is 3.03. The minimum absolute atomic E-state index is 0.103. The number of hydrogen-bond donors (Lipinski definition) is 2. The fraction of sp³-hybridized carbons (Fsp3) is 0.364. The first-order valence-electron chi connectivity index (χ1n) is 10.4. The molecule has 0 aliphatic carbocycles. The van der Waals surface area contributed by atoms with Crippen molar-refractivity contribution in [3.63, 3.8) is 0 Å². The summed E-state index contributed by atoms with van der Waals surface area (Å²) in [6, 6.07) is 12.0. The summed E-state index contributed by atoms with van der Waals surface area (Å²) in [6.45, 7) is 6.59. The number of carbonyl (C=O) groups is 1. The Kier molecular flexibility index (Phi) is 6.43. The second-order valence-corrected chi connectivity index (χ2v) is 8.28. The maximum Gasteiger partial charge on any atom is 0.240 e. The molecule has 1 fully saturated rings. The number of aryl methyl sites for hydroxylation is 1. The van der Waals surface area contributed by atoms with Crippen LogP contribution in [0.3, 0.4) is 0 Å². The number of piperazine rings is 1. The van der Waals surface area contributed by atoms with Crippen LogP contribution in [-0.2, 0) is 17.9 Å². The molecule has 0 radical (unpaired) electrons. The van der Waals surface area contributed by atoms with Gasteiger partial charge in [-0.15, -0.1) is 0 Å². The van der Waals surface area contributed by atoms with Crippen LogP contribution in [0, 0.1) is 11.7 Å². The zero-order valence-corrected chi connectivity index (χ0v) is 18.7. The lowest BCUT2D eigenvalue weighted by molar-refractivity contribution is -0.121. The van der Waals surface area contributed by atoms with Crippen molar-refractivity contribution in [2.75, 3.05) is 38.1 Å². The summed E-state index contributed by atoms with van der Waals surface area (Å²) in [7, 11) is 2.14. The highest BCUT2D eigenvalue weighted by Crippen LogP contribution is 2.18. The number of nitrogens with one attached hydrogen (secondary N) is 2. The molecule has 0 spiro atoms. The van der Waals surface area contributed by atoms with Crippen LogP contribution in [0.25, 0.3) is 11.4 Å². The number of likely N-dealkylation sites (N-methyl/N-ethyl adjacent to an activating group) is 1. The number of pyridine rings is 1. The molecular formula is C22H27N7OS. The van der Waals surface area contributed by atoms with Gasteiger partial charge in [0.15, 0.2) is 10.6 Å². The second kappa shape index (κ2) is 9.40. The highest BCUT2D eigenvalue weighted by molar-refractivity contribution is 7.71. The highest BCUT2D eigenvalue weighted by Gasteiger charge is 2.15. The Morgan fingerprint density at radius 2 is 1.87 bits per heavy atom. The molecule has 1 amide bonds. The van der Waals surface area contributed by atoms with E-state index in [0.29, 0.717) is 17.1 Å². The monoisotopic (exact) mass is 437 g/mol. The van der Waals surface area contributed by atoms with Crippen LogP contribution in [0.15, 0.2) is 42.6 Å². The molecule has 162 valence electrons. The van der Waals surface area contributed by atoms with Crippen molar-refractivity contribution in [3.8, 4) is 11.4 Å². The van der Waals surface area contributed by atoms with Crippen LogP contribution in [0.2, 0.25) is 0 Å². The molecule has 1 aromatic carbocycles. The van der Waals surface area contributed by atoms with E-state index in [0.717, 1.165) is 48.7 Å². The predicted octanol–water partition coefficient (Wildman–Crippen LogP) is 2.38. The van der Waals surface area contributed by atoms with Gasteiger partial charge < -0.3 is 15.1 Å². The number of rotatable bonds is 6. The summed E-state index contributed by atoms with van der Waals surface area (Å²) < 4.78 is 2.13. The van der Waals surface area contributed by atoms with E-state index in [9.17, 15) is 4.79 Å². The first-order valence-corrected chi connectivity index (χ1v) is 10.8. The maximum absolute atomic E-state index is 12.6. The zero-order chi connectivity index (χ0) is 21.8. The lowest BCUT2D eigenvalue weighted by atomic mass is 10.1. The number of carbonyl (C=O) groups excluding carboxylic acids is 1. The van der Waals surface area contributed by atoms with Crippen LogP contribution < -0.4 is 10.2 Å². The fourth-order valence-electron chi connectivity index (χ4n) is 3.53. The van der Waals surface area contributed by atoms with Crippen LogP contribution in [0.4, 0.5) is 5.82 Å². The SMILES string of the molecule is Cc1ccc(-c2n[nH]c(=S)n2CC(=O)NCc2ccc(N3CCN(C)CC3)nc2)cc1. The Labute approximate surface area is 186 Å². The largest absolute Gasteiger partial charge is 0.354 e. The van der Waals surface area contributed by atoms with Gasteiger partial charge in [0.05, 0.1) is 0 Å². The standard InChI is InChI=1S/C22H27N7OS/c1-16-3-6-18(7-4-16)21-25-26-22(31)29(21)15-20(30)24-14-17-5-8-19(23-13-17)28-11-9-27(2)10-12-28/h3-8,13H,9-12,14-15H2,1-2H3,(H,24,30)(H,26,31). The molecule has 2 aromatic heterocycles. The first kappa shape index (κ1) is 21.2. The van der Waals surface area contributed by atoms with E-state index in [4.69, 9.17) is 12.2 Å². The average molecular weight is 438 g/mol. The summed E-state index contributed by atoms with van der Waals surface area (Å²) >= 11 is 5.33. The van der Waals surface area contributed by atoms with Gasteiger partial charge in [-0.05, 0) is 37.8 Å². The van der Waals surface area contributed by atoms with Gasteiger partial charge in [-0.1, -0.05) is 35.9 Å². The van der Waals surface area contributed by atoms with E-state index in [1.165, 1.54) is 0 Å². The van der Waals surface area contributed by atoms with E-state index < -0.39 is 0 Å². The van der Waals surface area contributed by atoms with Crippen LogP contribution in [-0.4, -0.2) is 63.8 Å². The number of aromatic nitrogens is 4. The zero-order valence-electron chi connectivity index (χ0n) is 17.8. The predicted molar refractivity (Wildman–Crippen MR) is 123 cm³/mol. The Balaban J connectivity index is 1.35. The number of H-pyrrole nitrogens is 1. The second-order valence-electron chi connectivity index (χ2n) is 7.90. The van der Waals surface area contributed by atoms with Crippen LogP contribution in [0.5, 0.6) is 0 Å². The van der Waals surface area contributed by atoms with Crippen molar-refractivity contribution in [1.29, 1.82) is 0 Å². The normalized spacial score (nSPS) is 14.6. The Bertz CT molecular complexity index is 1080. The molecule has 8 nitrogen and oxygen atoms in total. The Morgan fingerprint density at radius 1 is 1.13 bits per heavy atom. The third-order valence-corrected chi connectivity index (χ3v) is 5.81. The van der Waals surface area contributed by atoms with Gasteiger partial charge in [0.2, 0.25) is 5.91 Å². The highest BCUT2D eigenvalue weighted by atomic mass is 32.1. The first-order chi connectivity index (χ1) is 15.0. The van der Waals surface area contributed by atoms with E-state index in [1.807, 2.05) is 49.5 Å². The number of benzene rings is 1. The fourth-order valence-corrected chi connectivity index (χ4v) is 3.73. The molecule has 0 bridgehead atoms. The van der Waals surface area contributed by atoms with Gasteiger partial charge in [0, 0.05) is 44.5 Å². The molecule has 1 aliphatic rings. The molecular weight excluding hydrogens is 410 g/mol. The van der Waals surface area contributed by atoms with Gasteiger partial charge in [0.25, 0.3) is 0 Å². The summed E-state index contributed by atoms with van der Waals surface area (Å²) in [5, 5.41) is 10.0. The van der Waals surface area contributed by atoms with Crippen molar-refractivity contribution in [3.05, 3.63) is 58.5 Å². The van der Waals surface area contributed by atoms with E-state index in [-0.39, 0.29) is 12.5 Å². The van der Waals surface area contributed by atoms with Crippen molar-refractivity contribution in [1.82, 2.24) is 30.0 Å². The third kappa shape index (κ3) is 5.18. The van der Waals surface area contributed by atoms with Crippen LogP contribution in [0.1, 0.15) is 11.1 Å². The number of hydrogen-bond acceptors (Lipinski definition) is 6. The molecule has 4 rings (SSSR count). The number of nitrogens with zero attached hydrogens (tertiary/aromatic N) is 5. The van der Waals surface area contributed by atoms with E-state index in [1.54, 1.807) is 4.57 Å². The van der Waals surface area contributed by atoms with Crippen molar-refractivity contribution in [2.24, 2.45) is 0 Å². The minimum atomic E-state index is -0.131. The molecule has 9 heteroatoms. The molecule has 2 N–H and O–H groups in total. The molecule has 1 aliphatic heterocycles. The minimum Gasteiger partial charge on any atom is -0.354 e. The molecule has 1 saturated heterocycles. The molecule has 0 saturated carbocycles. The van der Waals surface area contributed by atoms with Gasteiger partial charge in [0.1, 0.15) is 12.4 Å². The Hall–Kier alpha value is -3.04. The maximum atomic E-state index is 12.6. The number of anilines is 1. The Morgan fingerprint density at radius 3 is 2.55 bits per heavy atom. The molecule has 3 heterocycles. The van der Waals surface area contributed by atoms with Crippen molar-refractivity contribution >= 4 is 23.9 Å². The van der Waals surface area contributed by atoms with Crippen molar-refractivity contribution < 1.29 is 4.79 Å². The van der Waals surface area contributed by atoms with Crippen LogP contribution >= 0.6 is 12.2 Å². The quantitative estimate of drug-likeness (QED) is 0.577. The lowest BCUT2D eigenvalue weighted by Crippen LogP contribution is -2.44. The molecule has 0 atom stereocenters. The van der Waals surface area contributed by atoms with Gasteiger partial charge >= 0.3 is 0 Å². The number of amides is 1. The summed E-state index contributed by atoms with van der Waals surface area (Å²) in [5.74, 6) is 1.50. The van der Waals surface area contributed by atoms with Gasteiger partial charge in [-0.2, -0.15) is 5.10 Å². The van der Waals surface area contributed by atoms with E-state index in [2.05, 4.69) is 37.3 Å². The average Bonchev–Trinajstić information content (AvgIpc) is 3.14. The molecule has 0 unspecified atom stereocenters. The number of aromatic amines is 1. The van der Waals surface area contributed by atoms with E-state index >= 15 is 0 Å². The molecule has 3 aromatic rings. The summed E-state index contributed by atoms with van der Waals surface area (Å²) in [4.78, 5) is 21.7. The lowest BCUT2D eigenvalue weighted by Gasteiger charge is -2.33. The van der Waals surface area contributed by atoms with Gasteiger partial charge in [-0.25, -0.2) is 4.98 Å². The van der Waals surface area contributed by atoms with Gasteiger partial charge in [-0.3, -0.25) is 14.5 Å². The van der Waals surface area contributed by atoms with Crippen molar-refractivity contribution in [2.45, 2.75) is 20.0 Å². The smallest absolute Gasteiger partial charge is 0.240 e. The third-order valence-electron chi connectivity index (χ3n) is 5.50. The molecule has 31 heavy (non-hydrogen) atoms. The topological polar surface area (TPSA) is 82.1 Å².